The molecular formula is C18H18Br2N2O. The Labute approximate surface area is 153 Å². The molecule has 2 aromatic carbocycles. The number of nitrogens with one attached hydrogen (secondary N) is 1. The molecule has 0 spiro atoms. The van der Waals surface area contributed by atoms with E-state index in [0.717, 1.165) is 25.6 Å². The second-order valence-electron chi connectivity index (χ2n) is 5.50. The van der Waals surface area contributed by atoms with Crippen LogP contribution in [0.4, 0.5) is 0 Å². The van der Waals surface area contributed by atoms with E-state index in [4.69, 9.17) is 0 Å². The molecule has 23 heavy (non-hydrogen) atoms. The van der Waals surface area contributed by atoms with Gasteiger partial charge in [-0.15, -0.1) is 0 Å². The van der Waals surface area contributed by atoms with E-state index in [1.807, 2.05) is 44.2 Å². The van der Waals surface area contributed by atoms with Crippen LogP contribution in [0, 0.1) is 20.8 Å². The summed E-state index contributed by atoms with van der Waals surface area (Å²) in [6.07, 6.45) is 1.95. The first kappa shape index (κ1) is 17.9. The van der Waals surface area contributed by atoms with E-state index in [1.165, 1.54) is 11.1 Å². The van der Waals surface area contributed by atoms with Crippen molar-refractivity contribution in [2.75, 3.05) is 0 Å². The lowest BCUT2D eigenvalue weighted by molar-refractivity contribution is -0.120. The molecule has 0 unspecified atom stereocenters. The monoisotopic (exact) mass is 436 g/mol. The van der Waals surface area contributed by atoms with Crippen molar-refractivity contribution in [1.82, 2.24) is 5.43 Å². The van der Waals surface area contributed by atoms with Gasteiger partial charge in [-0.2, -0.15) is 5.10 Å². The molecule has 120 valence electrons. The molecule has 5 heteroatoms. The summed E-state index contributed by atoms with van der Waals surface area (Å²) in [4.78, 5) is 11.9. The fraction of sp³-hybridized carbons (Fsp3) is 0.222. The zero-order chi connectivity index (χ0) is 17.0. The minimum Gasteiger partial charge on any atom is -0.273 e. The topological polar surface area (TPSA) is 41.5 Å². The number of halogens is 2. The molecule has 2 rings (SSSR count). The van der Waals surface area contributed by atoms with Crippen LogP contribution in [0.5, 0.6) is 0 Å². The fourth-order valence-corrected chi connectivity index (χ4v) is 3.28. The molecule has 3 nitrogen and oxygen atoms in total. The zero-order valence-electron chi connectivity index (χ0n) is 13.3. The average Bonchev–Trinajstić information content (AvgIpc) is 2.48. The molecule has 0 atom stereocenters. The summed E-state index contributed by atoms with van der Waals surface area (Å²) in [5.74, 6) is -0.130. The molecule has 0 aliphatic heterocycles. The maximum atomic E-state index is 11.9. The highest BCUT2D eigenvalue weighted by Crippen LogP contribution is 2.25. The largest absolute Gasteiger partial charge is 0.273 e. The Hall–Kier alpha value is -1.46. The van der Waals surface area contributed by atoms with Crippen LogP contribution >= 0.6 is 31.9 Å². The van der Waals surface area contributed by atoms with Crippen LogP contribution in [0.15, 0.2) is 44.4 Å². The number of carbonyl (C=O) groups is 1. The number of carbonyl (C=O) groups excluding carboxylic acids is 1. The minimum atomic E-state index is -0.130. The Morgan fingerprint density at radius 2 is 1.74 bits per heavy atom. The Bertz CT molecular complexity index is 747. The molecule has 0 saturated heterocycles. The van der Waals surface area contributed by atoms with E-state index in [9.17, 15) is 4.79 Å². The highest BCUT2D eigenvalue weighted by Gasteiger charge is 2.04. The predicted octanol–water partition coefficient (Wildman–Crippen LogP) is 4.83. The first-order valence-corrected chi connectivity index (χ1v) is 8.79. The molecule has 0 radical (unpaired) electrons. The second-order valence-corrected chi connectivity index (χ2v) is 7.21. The normalized spacial score (nSPS) is 11.0. The molecule has 2 aromatic rings. The van der Waals surface area contributed by atoms with Crippen molar-refractivity contribution >= 4 is 44.0 Å². The molecule has 0 fully saturated rings. The third-order valence-corrected chi connectivity index (χ3v) is 5.29. The summed E-state index contributed by atoms with van der Waals surface area (Å²) < 4.78 is 1.99. The van der Waals surface area contributed by atoms with E-state index in [-0.39, 0.29) is 5.91 Å². The molecule has 0 aliphatic rings. The van der Waals surface area contributed by atoms with Gasteiger partial charge < -0.3 is 0 Å². The molecule has 0 aliphatic carbocycles. The van der Waals surface area contributed by atoms with Gasteiger partial charge in [-0.1, -0.05) is 50.1 Å². The van der Waals surface area contributed by atoms with Crippen LogP contribution in [0.1, 0.15) is 27.8 Å². The Kier molecular flexibility index (Phi) is 6.13. The standard InChI is InChI=1S/C18H18Br2N2O/c1-11-4-5-14(6-12(11)2)9-18(23)22-21-10-15-7-16(19)13(3)17(20)8-15/h4-8,10H,9H2,1-3H3,(H,22,23). The molecule has 1 N–H and O–H groups in total. The summed E-state index contributed by atoms with van der Waals surface area (Å²) in [5, 5.41) is 4.02. The van der Waals surface area contributed by atoms with Crippen LogP contribution in [0.25, 0.3) is 0 Å². The smallest absolute Gasteiger partial charge is 0.244 e. The van der Waals surface area contributed by atoms with Crippen molar-refractivity contribution in [1.29, 1.82) is 0 Å². The quantitative estimate of drug-likeness (QED) is 0.540. The lowest BCUT2D eigenvalue weighted by Crippen LogP contribution is -2.19. The van der Waals surface area contributed by atoms with Gasteiger partial charge >= 0.3 is 0 Å². The number of rotatable bonds is 4. The third-order valence-electron chi connectivity index (χ3n) is 3.64. The average molecular weight is 438 g/mol. The van der Waals surface area contributed by atoms with Gasteiger partial charge in [0.25, 0.3) is 0 Å². The number of amides is 1. The van der Waals surface area contributed by atoms with Crippen LogP contribution in [-0.4, -0.2) is 12.1 Å². The maximum Gasteiger partial charge on any atom is 0.244 e. The van der Waals surface area contributed by atoms with Gasteiger partial charge in [0.1, 0.15) is 0 Å². The van der Waals surface area contributed by atoms with Crippen LogP contribution < -0.4 is 5.43 Å². The lowest BCUT2D eigenvalue weighted by atomic mass is 10.0. The molecule has 0 saturated carbocycles. The summed E-state index contributed by atoms with van der Waals surface area (Å²) in [6.45, 7) is 6.11. The number of hydrogen-bond donors (Lipinski definition) is 1. The number of hydrogen-bond acceptors (Lipinski definition) is 2. The van der Waals surface area contributed by atoms with E-state index in [1.54, 1.807) is 6.21 Å². The van der Waals surface area contributed by atoms with Crippen LogP contribution in [0.2, 0.25) is 0 Å². The van der Waals surface area contributed by atoms with Crippen molar-refractivity contribution in [3.8, 4) is 0 Å². The van der Waals surface area contributed by atoms with Gasteiger partial charge in [-0.3, -0.25) is 4.79 Å². The highest BCUT2D eigenvalue weighted by molar-refractivity contribution is 9.11. The van der Waals surface area contributed by atoms with Crippen molar-refractivity contribution in [2.45, 2.75) is 27.2 Å². The second kappa shape index (κ2) is 7.88. The molecule has 1 amide bonds. The third kappa shape index (κ3) is 5.01. The first-order valence-electron chi connectivity index (χ1n) is 7.20. The van der Waals surface area contributed by atoms with E-state index < -0.39 is 0 Å². The van der Waals surface area contributed by atoms with Gasteiger partial charge in [0.05, 0.1) is 12.6 Å². The summed E-state index contributed by atoms with van der Waals surface area (Å²) in [5.41, 5.74) is 8.00. The van der Waals surface area contributed by atoms with Crippen molar-refractivity contribution < 1.29 is 4.79 Å². The molecule has 0 aromatic heterocycles. The zero-order valence-corrected chi connectivity index (χ0v) is 16.5. The lowest BCUT2D eigenvalue weighted by Gasteiger charge is -2.05. The van der Waals surface area contributed by atoms with E-state index >= 15 is 0 Å². The number of hydrazone groups is 1. The van der Waals surface area contributed by atoms with Crippen LogP contribution in [-0.2, 0) is 11.2 Å². The number of benzene rings is 2. The highest BCUT2D eigenvalue weighted by atomic mass is 79.9. The van der Waals surface area contributed by atoms with Gasteiger partial charge in [-0.05, 0) is 60.7 Å². The minimum absolute atomic E-state index is 0.130. The fourth-order valence-electron chi connectivity index (χ4n) is 2.06. The van der Waals surface area contributed by atoms with Gasteiger partial charge in [-0.25, -0.2) is 5.43 Å². The summed E-state index contributed by atoms with van der Waals surface area (Å²) in [6, 6.07) is 9.95. The van der Waals surface area contributed by atoms with Gasteiger partial charge in [0.2, 0.25) is 5.91 Å². The maximum absolute atomic E-state index is 11.9. The Morgan fingerprint density at radius 3 is 2.35 bits per heavy atom. The molecule has 0 heterocycles. The Morgan fingerprint density at radius 1 is 1.09 bits per heavy atom. The number of aryl methyl sites for hydroxylation is 2. The molecular weight excluding hydrogens is 420 g/mol. The number of nitrogens with zero attached hydrogens (tertiary/aromatic N) is 1. The SMILES string of the molecule is Cc1ccc(CC(=O)NN=Cc2cc(Br)c(C)c(Br)c2)cc1C. The van der Waals surface area contributed by atoms with E-state index in [0.29, 0.717) is 6.42 Å². The first-order chi connectivity index (χ1) is 10.9. The van der Waals surface area contributed by atoms with Crippen molar-refractivity contribution in [3.05, 3.63) is 67.1 Å². The van der Waals surface area contributed by atoms with Crippen molar-refractivity contribution in [3.63, 3.8) is 0 Å². The molecule has 0 bridgehead atoms. The summed E-state index contributed by atoms with van der Waals surface area (Å²) >= 11 is 6.99. The van der Waals surface area contributed by atoms with Gasteiger partial charge in [0, 0.05) is 8.95 Å². The Balaban J connectivity index is 1.97. The predicted molar refractivity (Wildman–Crippen MR) is 102 cm³/mol. The van der Waals surface area contributed by atoms with Crippen molar-refractivity contribution in [2.24, 2.45) is 5.10 Å². The van der Waals surface area contributed by atoms with Gasteiger partial charge in [0.15, 0.2) is 0 Å². The summed E-state index contributed by atoms with van der Waals surface area (Å²) in [7, 11) is 0. The van der Waals surface area contributed by atoms with Crippen LogP contribution in [0.3, 0.4) is 0 Å². The van der Waals surface area contributed by atoms with E-state index in [2.05, 4.69) is 49.3 Å².